The van der Waals surface area contributed by atoms with Crippen LogP contribution in [0.3, 0.4) is 0 Å². The van der Waals surface area contributed by atoms with Crippen LogP contribution >= 0.6 is 0 Å². The molecule has 3 rings (SSSR count). The summed E-state index contributed by atoms with van der Waals surface area (Å²) < 4.78 is 40.0. The summed E-state index contributed by atoms with van der Waals surface area (Å²) >= 11 is 0. The molecule has 150 valence electrons. The second-order valence-electron chi connectivity index (χ2n) is 7.05. The van der Waals surface area contributed by atoms with Crippen molar-refractivity contribution in [2.24, 2.45) is 0 Å². The van der Waals surface area contributed by atoms with Crippen molar-refractivity contribution in [3.8, 4) is 0 Å². The summed E-state index contributed by atoms with van der Waals surface area (Å²) in [7, 11) is -3.68. The van der Waals surface area contributed by atoms with Crippen LogP contribution in [0.4, 0.5) is 0 Å². The van der Waals surface area contributed by atoms with Gasteiger partial charge in [0, 0.05) is 12.8 Å². The van der Waals surface area contributed by atoms with Gasteiger partial charge < -0.3 is 9.47 Å². The second kappa shape index (κ2) is 9.37. The van der Waals surface area contributed by atoms with Crippen LogP contribution in [0.5, 0.6) is 0 Å². The quantitative estimate of drug-likeness (QED) is 0.663. The maximum absolute atomic E-state index is 12.9. The molecule has 1 heterocycles. The molecule has 1 N–H and O–H groups in total. The van der Waals surface area contributed by atoms with Crippen molar-refractivity contribution in [1.29, 1.82) is 0 Å². The van der Waals surface area contributed by atoms with Crippen molar-refractivity contribution < 1.29 is 17.9 Å². The number of benzene rings is 2. The van der Waals surface area contributed by atoms with Gasteiger partial charge >= 0.3 is 0 Å². The number of hydrogen-bond acceptors (Lipinski definition) is 4. The van der Waals surface area contributed by atoms with E-state index in [-0.39, 0.29) is 11.2 Å². The fourth-order valence-corrected chi connectivity index (χ4v) is 4.38. The maximum atomic E-state index is 12.9. The molecule has 2 aromatic carbocycles. The Labute approximate surface area is 167 Å². The normalized spacial score (nSPS) is 18.4. The van der Waals surface area contributed by atoms with Crippen LogP contribution in [0.1, 0.15) is 42.9 Å². The Morgan fingerprint density at radius 3 is 2.54 bits per heavy atom. The molecule has 0 aromatic heterocycles. The minimum atomic E-state index is -3.68. The topological polar surface area (TPSA) is 64.6 Å². The lowest BCUT2D eigenvalue weighted by Crippen LogP contribution is -2.30. The van der Waals surface area contributed by atoms with Crippen molar-refractivity contribution in [2.45, 2.75) is 49.8 Å². The number of sulfonamides is 1. The highest BCUT2D eigenvalue weighted by Crippen LogP contribution is 2.26. The Morgan fingerprint density at radius 2 is 1.89 bits per heavy atom. The smallest absolute Gasteiger partial charge is 0.241 e. The maximum Gasteiger partial charge on any atom is 0.241 e. The van der Waals surface area contributed by atoms with Gasteiger partial charge in [0.2, 0.25) is 10.0 Å². The average molecular weight is 402 g/mol. The predicted molar refractivity (Wildman–Crippen MR) is 109 cm³/mol. The van der Waals surface area contributed by atoms with Crippen LogP contribution in [0.25, 0.3) is 0 Å². The third-order valence-electron chi connectivity index (χ3n) is 4.70. The Morgan fingerprint density at radius 1 is 1.18 bits per heavy atom. The van der Waals surface area contributed by atoms with E-state index in [1.807, 2.05) is 37.3 Å². The van der Waals surface area contributed by atoms with Crippen LogP contribution in [-0.4, -0.2) is 21.3 Å². The van der Waals surface area contributed by atoms with Gasteiger partial charge in [-0.2, -0.15) is 0 Å². The monoisotopic (exact) mass is 401 g/mol. The largest absolute Gasteiger partial charge is 0.470 e. The lowest BCUT2D eigenvalue weighted by Gasteiger charge is -2.26. The molecule has 0 spiro atoms. The van der Waals surface area contributed by atoms with Crippen LogP contribution < -0.4 is 4.72 Å². The van der Waals surface area contributed by atoms with Crippen molar-refractivity contribution in [3.05, 3.63) is 78.1 Å². The van der Waals surface area contributed by atoms with E-state index in [1.54, 1.807) is 24.3 Å². The summed E-state index contributed by atoms with van der Waals surface area (Å²) in [5.74, 6) is 0.507. The highest BCUT2D eigenvalue weighted by atomic mass is 32.2. The molecular weight excluding hydrogens is 374 g/mol. The molecule has 0 aliphatic carbocycles. The lowest BCUT2D eigenvalue weighted by atomic mass is 10.0. The van der Waals surface area contributed by atoms with Gasteiger partial charge in [-0.3, -0.25) is 0 Å². The van der Waals surface area contributed by atoms with Gasteiger partial charge in [0.15, 0.2) is 6.29 Å². The molecule has 0 radical (unpaired) electrons. The summed E-state index contributed by atoms with van der Waals surface area (Å²) in [4.78, 5) is 0.237. The Balaban J connectivity index is 1.75. The van der Waals surface area contributed by atoms with E-state index in [0.29, 0.717) is 18.8 Å². The SMILES string of the molecule is C=C(CC(NS(=O)(=O)c1ccc(C)cc1)c1ccccc1)OC1CCCCO1. The van der Waals surface area contributed by atoms with Gasteiger partial charge in [-0.15, -0.1) is 0 Å². The minimum absolute atomic E-state index is 0.237. The number of ether oxygens (including phenoxy) is 2. The van der Waals surface area contributed by atoms with E-state index in [0.717, 1.165) is 30.4 Å². The molecule has 0 saturated carbocycles. The van der Waals surface area contributed by atoms with Gasteiger partial charge in [-0.05, 0) is 37.5 Å². The Bertz CT molecular complexity index is 873. The van der Waals surface area contributed by atoms with Crippen molar-refractivity contribution in [1.82, 2.24) is 4.72 Å². The van der Waals surface area contributed by atoms with Crippen molar-refractivity contribution in [3.63, 3.8) is 0 Å². The zero-order valence-electron chi connectivity index (χ0n) is 16.1. The molecule has 2 aromatic rings. The van der Waals surface area contributed by atoms with Crippen LogP contribution in [0.15, 0.2) is 71.8 Å². The second-order valence-corrected chi connectivity index (χ2v) is 8.77. The fourth-order valence-electron chi connectivity index (χ4n) is 3.15. The molecule has 2 unspecified atom stereocenters. The zero-order chi connectivity index (χ0) is 20.0. The molecule has 2 atom stereocenters. The van der Waals surface area contributed by atoms with Crippen LogP contribution in [0, 0.1) is 6.92 Å². The van der Waals surface area contributed by atoms with Gasteiger partial charge in [0.1, 0.15) is 0 Å². The minimum Gasteiger partial charge on any atom is -0.470 e. The highest BCUT2D eigenvalue weighted by Gasteiger charge is 2.24. The first-order valence-electron chi connectivity index (χ1n) is 9.54. The Hall–Kier alpha value is -2.15. The molecule has 5 nitrogen and oxygen atoms in total. The lowest BCUT2D eigenvalue weighted by molar-refractivity contribution is -0.140. The zero-order valence-corrected chi connectivity index (χ0v) is 17.0. The summed E-state index contributed by atoms with van der Waals surface area (Å²) in [6.45, 7) is 6.59. The van der Waals surface area contributed by atoms with E-state index in [9.17, 15) is 8.42 Å². The summed E-state index contributed by atoms with van der Waals surface area (Å²) in [5.41, 5.74) is 1.86. The molecule has 28 heavy (non-hydrogen) atoms. The number of rotatable bonds is 8. The molecular formula is C22H27NO4S. The standard InChI is InChI=1S/C22H27NO4S/c1-17-11-13-20(14-12-17)28(24,25)23-21(19-8-4-3-5-9-19)16-18(2)27-22-10-6-7-15-26-22/h3-5,8-9,11-14,21-23H,2,6-7,10,15-16H2,1H3. The summed E-state index contributed by atoms with van der Waals surface area (Å²) in [5, 5.41) is 0. The molecule has 1 fully saturated rings. The molecule has 0 amide bonds. The van der Waals surface area contributed by atoms with Gasteiger partial charge in [0.25, 0.3) is 0 Å². The van der Waals surface area contributed by atoms with E-state index in [4.69, 9.17) is 9.47 Å². The van der Waals surface area contributed by atoms with Gasteiger partial charge in [-0.1, -0.05) is 54.6 Å². The molecule has 0 bridgehead atoms. The predicted octanol–water partition coefficient (Wildman–Crippen LogP) is 4.46. The molecule has 1 aliphatic rings. The summed E-state index contributed by atoms with van der Waals surface area (Å²) in [6.07, 6.45) is 2.94. The van der Waals surface area contributed by atoms with Crippen molar-refractivity contribution in [2.75, 3.05) is 6.61 Å². The molecule has 1 saturated heterocycles. The molecule has 1 aliphatic heterocycles. The first-order valence-corrected chi connectivity index (χ1v) is 11.0. The average Bonchev–Trinajstić information content (AvgIpc) is 2.69. The van der Waals surface area contributed by atoms with Crippen LogP contribution in [0.2, 0.25) is 0 Å². The molecule has 6 heteroatoms. The van der Waals surface area contributed by atoms with E-state index >= 15 is 0 Å². The Kier molecular flexibility index (Phi) is 6.88. The number of hydrogen-bond donors (Lipinski definition) is 1. The van der Waals surface area contributed by atoms with Gasteiger partial charge in [0.05, 0.1) is 23.3 Å². The first kappa shape index (κ1) is 20.6. The fraction of sp³-hybridized carbons (Fsp3) is 0.364. The van der Waals surface area contributed by atoms with E-state index in [2.05, 4.69) is 11.3 Å². The third kappa shape index (κ3) is 5.67. The highest BCUT2D eigenvalue weighted by molar-refractivity contribution is 7.89. The van der Waals surface area contributed by atoms with E-state index in [1.165, 1.54) is 0 Å². The van der Waals surface area contributed by atoms with E-state index < -0.39 is 16.1 Å². The van der Waals surface area contributed by atoms with Gasteiger partial charge in [-0.25, -0.2) is 13.1 Å². The summed E-state index contributed by atoms with van der Waals surface area (Å²) in [6, 6.07) is 15.8. The number of nitrogens with one attached hydrogen (secondary N) is 1. The third-order valence-corrected chi connectivity index (χ3v) is 6.19. The number of aryl methyl sites for hydroxylation is 1. The van der Waals surface area contributed by atoms with Crippen molar-refractivity contribution >= 4 is 10.0 Å². The van der Waals surface area contributed by atoms with Crippen LogP contribution in [-0.2, 0) is 19.5 Å². The first-order chi connectivity index (χ1) is 13.4.